The van der Waals surface area contributed by atoms with Crippen LogP contribution in [-0.4, -0.2) is 34.1 Å². The molecule has 4 rings (SSSR count). The van der Waals surface area contributed by atoms with Gasteiger partial charge in [0.25, 0.3) is 0 Å². The maximum atomic E-state index is 14.0. The second kappa shape index (κ2) is 7.30. The number of nitrogens with two attached hydrogens (primary N) is 1. The molecule has 0 bridgehead atoms. The van der Waals surface area contributed by atoms with E-state index in [1.807, 2.05) is 13.8 Å². The summed E-state index contributed by atoms with van der Waals surface area (Å²) < 4.78 is 42.0. The van der Waals surface area contributed by atoms with E-state index < -0.39 is 11.7 Å². The molecule has 1 aliphatic rings. The normalized spacial score (nSPS) is 19.5. The number of pyridine rings is 1. The van der Waals surface area contributed by atoms with Crippen LogP contribution in [0.25, 0.3) is 22.3 Å². The third-order valence-corrected chi connectivity index (χ3v) is 5.65. The number of nitrogen functional groups attached to an aromatic ring is 1. The molecule has 2 unspecified atom stereocenters. The molecule has 0 radical (unpaired) electrons. The molecule has 2 atom stereocenters. The van der Waals surface area contributed by atoms with Crippen LogP contribution in [-0.2, 0) is 6.18 Å². The van der Waals surface area contributed by atoms with E-state index in [9.17, 15) is 13.2 Å². The average molecular weight is 416 g/mol. The summed E-state index contributed by atoms with van der Waals surface area (Å²) in [5.41, 5.74) is 6.10. The molecule has 2 aromatic heterocycles. The SMILES string of the molecule is CNc1nc(N)nc2nc(-c3c(N4C(C)CCC4C)cccc3C(F)(F)F)ccc12. The molecule has 3 N–H and O–H groups in total. The summed E-state index contributed by atoms with van der Waals surface area (Å²) in [6.07, 6.45) is -2.66. The minimum Gasteiger partial charge on any atom is -0.372 e. The van der Waals surface area contributed by atoms with Crippen LogP contribution in [0.4, 0.5) is 30.6 Å². The minimum absolute atomic E-state index is 0.00242. The number of benzene rings is 1. The summed E-state index contributed by atoms with van der Waals surface area (Å²) >= 11 is 0. The molecular weight excluding hydrogens is 393 g/mol. The van der Waals surface area contributed by atoms with Crippen molar-refractivity contribution >= 4 is 28.5 Å². The lowest BCUT2D eigenvalue weighted by Crippen LogP contribution is -2.33. The highest BCUT2D eigenvalue weighted by Gasteiger charge is 2.38. The summed E-state index contributed by atoms with van der Waals surface area (Å²) in [6, 6.07) is 7.83. The first-order valence-electron chi connectivity index (χ1n) is 9.81. The van der Waals surface area contributed by atoms with Crippen LogP contribution in [0.2, 0.25) is 0 Å². The number of anilines is 3. The van der Waals surface area contributed by atoms with E-state index in [4.69, 9.17) is 5.73 Å². The lowest BCUT2D eigenvalue weighted by atomic mass is 9.99. The van der Waals surface area contributed by atoms with Gasteiger partial charge in [0.05, 0.1) is 16.6 Å². The molecule has 30 heavy (non-hydrogen) atoms. The van der Waals surface area contributed by atoms with Gasteiger partial charge in [-0.05, 0) is 51.0 Å². The number of hydrogen-bond acceptors (Lipinski definition) is 6. The number of aromatic nitrogens is 3. The summed E-state index contributed by atoms with van der Waals surface area (Å²) in [5.74, 6) is 0.477. The summed E-state index contributed by atoms with van der Waals surface area (Å²) in [5, 5.41) is 3.50. The van der Waals surface area contributed by atoms with Crippen LogP contribution in [0.3, 0.4) is 0 Å². The molecule has 0 spiro atoms. The highest BCUT2D eigenvalue weighted by atomic mass is 19.4. The molecule has 0 saturated carbocycles. The predicted molar refractivity (Wildman–Crippen MR) is 112 cm³/mol. The van der Waals surface area contributed by atoms with Crippen LogP contribution >= 0.6 is 0 Å². The van der Waals surface area contributed by atoms with E-state index in [-0.39, 0.29) is 34.9 Å². The molecule has 158 valence electrons. The van der Waals surface area contributed by atoms with Gasteiger partial charge in [0.1, 0.15) is 5.82 Å². The van der Waals surface area contributed by atoms with Gasteiger partial charge in [0.2, 0.25) is 5.95 Å². The van der Waals surface area contributed by atoms with Gasteiger partial charge in [-0.3, -0.25) is 0 Å². The number of halogens is 3. The van der Waals surface area contributed by atoms with Gasteiger partial charge < -0.3 is 16.0 Å². The van der Waals surface area contributed by atoms with Crippen molar-refractivity contribution in [2.24, 2.45) is 0 Å². The number of nitrogens with zero attached hydrogens (tertiary/aromatic N) is 4. The van der Waals surface area contributed by atoms with Gasteiger partial charge >= 0.3 is 6.18 Å². The quantitative estimate of drug-likeness (QED) is 0.644. The number of alkyl halides is 3. The van der Waals surface area contributed by atoms with Crippen molar-refractivity contribution in [2.75, 3.05) is 23.0 Å². The number of nitrogens with one attached hydrogen (secondary N) is 1. The van der Waals surface area contributed by atoms with Gasteiger partial charge in [0.15, 0.2) is 5.65 Å². The Labute approximate surface area is 172 Å². The Bertz CT molecular complexity index is 1090. The first kappa shape index (κ1) is 20.2. The maximum Gasteiger partial charge on any atom is 0.417 e. The molecule has 9 heteroatoms. The Kier molecular flexibility index (Phi) is 4.91. The zero-order valence-corrected chi connectivity index (χ0v) is 17.0. The van der Waals surface area contributed by atoms with Crippen molar-refractivity contribution < 1.29 is 13.2 Å². The molecular formula is C21H23F3N6. The predicted octanol–water partition coefficient (Wildman–Crippen LogP) is 4.71. The van der Waals surface area contributed by atoms with Crippen LogP contribution in [0, 0.1) is 0 Å². The largest absolute Gasteiger partial charge is 0.417 e. The Morgan fingerprint density at radius 3 is 2.37 bits per heavy atom. The third-order valence-electron chi connectivity index (χ3n) is 5.65. The van der Waals surface area contributed by atoms with Crippen LogP contribution in [0.1, 0.15) is 32.3 Å². The van der Waals surface area contributed by atoms with Crippen LogP contribution in [0.15, 0.2) is 30.3 Å². The molecule has 6 nitrogen and oxygen atoms in total. The molecule has 1 aromatic carbocycles. The fraction of sp³-hybridized carbons (Fsp3) is 0.381. The van der Waals surface area contributed by atoms with Crippen molar-refractivity contribution in [3.63, 3.8) is 0 Å². The monoisotopic (exact) mass is 416 g/mol. The lowest BCUT2D eigenvalue weighted by molar-refractivity contribution is -0.137. The Morgan fingerprint density at radius 2 is 1.73 bits per heavy atom. The van der Waals surface area contributed by atoms with Gasteiger partial charge in [-0.15, -0.1) is 0 Å². The molecule has 1 saturated heterocycles. The number of rotatable bonds is 3. The van der Waals surface area contributed by atoms with E-state index in [1.165, 1.54) is 6.07 Å². The topological polar surface area (TPSA) is 80.0 Å². The second-order valence-corrected chi connectivity index (χ2v) is 7.63. The fourth-order valence-corrected chi connectivity index (χ4v) is 4.29. The highest BCUT2D eigenvalue weighted by molar-refractivity contribution is 5.91. The molecule has 1 fully saturated rings. The van der Waals surface area contributed by atoms with Crippen molar-refractivity contribution in [1.29, 1.82) is 0 Å². The average Bonchev–Trinajstić information content (AvgIpc) is 3.03. The molecule has 3 aromatic rings. The van der Waals surface area contributed by atoms with Crippen molar-refractivity contribution in [2.45, 2.75) is 44.9 Å². The van der Waals surface area contributed by atoms with Crippen molar-refractivity contribution in [1.82, 2.24) is 15.0 Å². The van der Waals surface area contributed by atoms with Gasteiger partial charge in [0, 0.05) is 30.4 Å². The summed E-state index contributed by atoms with van der Waals surface area (Å²) in [6.45, 7) is 4.07. The Morgan fingerprint density at radius 1 is 1.03 bits per heavy atom. The van der Waals surface area contributed by atoms with Gasteiger partial charge in [-0.1, -0.05) is 6.07 Å². The number of fused-ring (bicyclic) bond motifs is 1. The number of hydrogen-bond donors (Lipinski definition) is 2. The molecule has 0 aliphatic carbocycles. The molecule has 3 heterocycles. The Hall–Kier alpha value is -3.10. The fourth-order valence-electron chi connectivity index (χ4n) is 4.29. The van der Waals surface area contributed by atoms with Crippen molar-refractivity contribution in [3.05, 3.63) is 35.9 Å². The third kappa shape index (κ3) is 3.38. The van der Waals surface area contributed by atoms with E-state index in [0.29, 0.717) is 16.9 Å². The first-order valence-corrected chi connectivity index (χ1v) is 9.81. The summed E-state index contributed by atoms with van der Waals surface area (Å²) in [7, 11) is 1.68. The zero-order chi connectivity index (χ0) is 21.6. The van der Waals surface area contributed by atoms with E-state index in [2.05, 4.69) is 25.2 Å². The summed E-state index contributed by atoms with van der Waals surface area (Å²) in [4.78, 5) is 14.8. The van der Waals surface area contributed by atoms with Gasteiger partial charge in [-0.2, -0.15) is 23.1 Å². The molecule has 0 amide bonds. The van der Waals surface area contributed by atoms with E-state index in [0.717, 1.165) is 18.9 Å². The second-order valence-electron chi connectivity index (χ2n) is 7.63. The zero-order valence-electron chi connectivity index (χ0n) is 17.0. The van der Waals surface area contributed by atoms with Crippen LogP contribution < -0.4 is 16.0 Å². The van der Waals surface area contributed by atoms with Crippen LogP contribution in [0.5, 0.6) is 0 Å². The van der Waals surface area contributed by atoms with Gasteiger partial charge in [-0.25, -0.2) is 4.98 Å². The van der Waals surface area contributed by atoms with E-state index in [1.54, 1.807) is 25.2 Å². The highest BCUT2D eigenvalue weighted by Crippen LogP contribution is 2.44. The smallest absolute Gasteiger partial charge is 0.372 e. The maximum absolute atomic E-state index is 14.0. The standard InChI is InChI=1S/C21H23F3N6/c1-11-7-8-12(2)30(11)16-6-4-5-14(21(22,23)24)17(16)15-10-9-13-18(26-3)28-20(25)29-19(13)27-15/h4-6,9-12H,7-8H2,1-3H3,(H3,25,26,27,28,29). The Balaban J connectivity index is 1.99. The molecule has 1 aliphatic heterocycles. The van der Waals surface area contributed by atoms with Crippen molar-refractivity contribution in [3.8, 4) is 11.3 Å². The first-order chi connectivity index (χ1) is 14.2. The minimum atomic E-state index is -4.52. The lowest BCUT2D eigenvalue weighted by Gasteiger charge is -2.32. The van der Waals surface area contributed by atoms with E-state index >= 15 is 0 Å².